The number of nitrogens with one attached hydrogen (secondary N) is 1. The van der Waals surface area contributed by atoms with Crippen molar-refractivity contribution in [2.75, 3.05) is 36.4 Å². The topological polar surface area (TPSA) is 35.6 Å². The van der Waals surface area contributed by atoms with Gasteiger partial charge in [0.1, 0.15) is 0 Å². The predicted octanol–water partition coefficient (Wildman–Crippen LogP) is 4.66. The Labute approximate surface area is 152 Å². The Balaban J connectivity index is 1.60. The molecule has 6 heteroatoms. The van der Waals surface area contributed by atoms with Gasteiger partial charge in [-0.25, -0.2) is 4.79 Å². The molecule has 1 fully saturated rings. The fraction of sp³-hybridized carbons (Fsp3) is 0.278. The zero-order valence-corrected chi connectivity index (χ0v) is 14.9. The Morgan fingerprint density at radius 2 is 1.75 bits per heavy atom. The highest BCUT2D eigenvalue weighted by molar-refractivity contribution is 6.36. The van der Waals surface area contributed by atoms with Crippen LogP contribution in [-0.4, -0.2) is 37.1 Å². The van der Waals surface area contributed by atoms with Gasteiger partial charge in [-0.3, -0.25) is 0 Å². The molecule has 0 unspecified atom stereocenters. The van der Waals surface area contributed by atoms with Crippen molar-refractivity contribution < 1.29 is 4.79 Å². The number of urea groups is 1. The molecule has 0 spiro atoms. The van der Waals surface area contributed by atoms with Crippen molar-refractivity contribution in [1.82, 2.24) is 4.90 Å². The van der Waals surface area contributed by atoms with Crippen LogP contribution in [0.3, 0.4) is 0 Å². The molecule has 126 valence electrons. The van der Waals surface area contributed by atoms with Crippen LogP contribution in [0.15, 0.2) is 42.5 Å². The highest BCUT2D eigenvalue weighted by atomic mass is 35.5. The molecule has 0 atom stereocenters. The van der Waals surface area contributed by atoms with Gasteiger partial charge in [0.15, 0.2) is 0 Å². The van der Waals surface area contributed by atoms with Gasteiger partial charge in [-0.2, -0.15) is 0 Å². The maximum atomic E-state index is 12.4. The number of benzene rings is 2. The Bertz CT molecular complexity index is 743. The first-order valence-corrected chi connectivity index (χ1v) is 8.62. The van der Waals surface area contributed by atoms with Crippen molar-refractivity contribution in [2.24, 2.45) is 0 Å². The summed E-state index contributed by atoms with van der Waals surface area (Å²) in [4.78, 5) is 16.4. The third-order valence-corrected chi connectivity index (χ3v) is 4.74. The fourth-order valence-electron chi connectivity index (χ4n) is 2.80. The molecular formula is C18H19Cl2N3O. The number of hydrogen-bond donors (Lipinski definition) is 1. The lowest BCUT2D eigenvalue weighted by Crippen LogP contribution is -2.50. The van der Waals surface area contributed by atoms with Gasteiger partial charge in [-0.15, -0.1) is 0 Å². The van der Waals surface area contributed by atoms with Crippen molar-refractivity contribution in [2.45, 2.75) is 6.92 Å². The largest absolute Gasteiger partial charge is 0.367 e. The molecule has 24 heavy (non-hydrogen) atoms. The molecule has 3 rings (SSSR count). The van der Waals surface area contributed by atoms with E-state index in [4.69, 9.17) is 23.2 Å². The maximum absolute atomic E-state index is 12.4. The van der Waals surface area contributed by atoms with Crippen molar-refractivity contribution in [3.63, 3.8) is 0 Å². The SMILES string of the molecule is Cc1ccccc1NC(=O)N1CCN(c2ccc(Cl)cc2Cl)CC1. The van der Waals surface area contributed by atoms with E-state index >= 15 is 0 Å². The first-order valence-electron chi connectivity index (χ1n) is 7.86. The zero-order chi connectivity index (χ0) is 17.1. The molecule has 2 amide bonds. The minimum atomic E-state index is -0.0637. The van der Waals surface area contributed by atoms with Crippen LogP contribution in [-0.2, 0) is 0 Å². The second-order valence-electron chi connectivity index (χ2n) is 5.81. The molecule has 0 radical (unpaired) electrons. The zero-order valence-electron chi connectivity index (χ0n) is 13.4. The maximum Gasteiger partial charge on any atom is 0.321 e. The van der Waals surface area contributed by atoms with Crippen molar-refractivity contribution in [3.8, 4) is 0 Å². The molecule has 1 saturated heterocycles. The van der Waals surface area contributed by atoms with Crippen LogP contribution in [0.4, 0.5) is 16.2 Å². The van der Waals surface area contributed by atoms with Crippen LogP contribution in [0.25, 0.3) is 0 Å². The number of carbonyl (C=O) groups excluding carboxylic acids is 1. The Morgan fingerprint density at radius 1 is 1.04 bits per heavy atom. The van der Waals surface area contributed by atoms with E-state index in [1.54, 1.807) is 6.07 Å². The van der Waals surface area contributed by atoms with E-state index in [1.165, 1.54) is 0 Å². The first-order chi connectivity index (χ1) is 11.5. The molecule has 1 aliphatic heterocycles. The number of carbonyl (C=O) groups is 1. The molecule has 1 aliphatic rings. The van der Waals surface area contributed by atoms with Crippen LogP contribution in [0.5, 0.6) is 0 Å². The summed E-state index contributed by atoms with van der Waals surface area (Å²) in [6.45, 7) is 4.76. The molecule has 2 aromatic rings. The van der Waals surface area contributed by atoms with Crippen LogP contribution >= 0.6 is 23.2 Å². The lowest BCUT2D eigenvalue weighted by molar-refractivity contribution is 0.208. The molecule has 0 aliphatic carbocycles. The van der Waals surface area contributed by atoms with Gasteiger partial charge in [-0.05, 0) is 36.8 Å². The Morgan fingerprint density at radius 3 is 2.42 bits per heavy atom. The Hall–Kier alpha value is -1.91. The molecule has 0 saturated carbocycles. The summed E-state index contributed by atoms with van der Waals surface area (Å²) in [6.07, 6.45) is 0. The fourth-order valence-corrected chi connectivity index (χ4v) is 3.32. The molecular weight excluding hydrogens is 345 g/mol. The van der Waals surface area contributed by atoms with E-state index in [0.29, 0.717) is 23.1 Å². The average Bonchev–Trinajstić information content (AvgIpc) is 2.57. The monoisotopic (exact) mass is 363 g/mol. The van der Waals surface area contributed by atoms with Gasteiger partial charge in [0.2, 0.25) is 0 Å². The van der Waals surface area contributed by atoms with Gasteiger partial charge in [0.05, 0.1) is 10.7 Å². The number of rotatable bonds is 2. The number of nitrogens with zero attached hydrogens (tertiary/aromatic N) is 2. The van der Waals surface area contributed by atoms with E-state index in [-0.39, 0.29) is 6.03 Å². The minimum Gasteiger partial charge on any atom is -0.367 e. The van der Waals surface area contributed by atoms with Crippen molar-refractivity contribution in [3.05, 3.63) is 58.1 Å². The standard InChI is InChI=1S/C18H19Cl2N3O/c1-13-4-2-3-5-16(13)21-18(24)23-10-8-22(9-11-23)17-7-6-14(19)12-15(17)20/h2-7,12H,8-11H2,1H3,(H,21,24). The summed E-state index contributed by atoms with van der Waals surface area (Å²) in [5, 5.41) is 4.24. The summed E-state index contributed by atoms with van der Waals surface area (Å²) < 4.78 is 0. The second-order valence-corrected chi connectivity index (χ2v) is 6.66. The number of piperazine rings is 1. The summed E-state index contributed by atoms with van der Waals surface area (Å²) in [6, 6.07) is 13.2. The van der Waals surface area contributed by atoms with Crippen LogP contribution in [0.1, 0.15) is 5.56 Å². The van der Waals surface area contributed by atoms with Crippen molar-refractivity contribution >= 4 is 40.6 Å². The molecule has 1 N–H and O–H groups in total. The number of amides is 2. The van der Waals surface area contributed by atoms with E-state index in [1.807, 2.05) is 48.2 Å². The molecule has 1 heterocycles. The molecule has 0 bridgehead atoms. The van der Waals surface area contributed by atoms with Gasteiger partial charge < -0.3 is 15.1 Å². The highest BCUT2D eigenvalue weighted by Crippen LogP contribution is 2.29. The van der Waals surface area contributed by atoms with Crippen LogP contribution < -0.4 is 10.2 Å². The van der Waals surface area contributed by atoms with E-state index in [2.05, 4.69) is 10.2 Å². The lowest BCUT2D eigenvalue weighted by Gasteiger charge is -2.36. The van der Waals surface area contributed by atoms with Gasteiger partial charge in [-0.1, -0.05) is 41.4 Å². The van der Waals surface area contributed by atoms with Crippen LogP contribution in [0, 0.1) is 6.92 Å². The van der Waals surface area contributed by atoms with Gasteiger partial charge in [0, 0.05) is 36.9 Å². The lowest BCUT2D eigenvalue weighted by atomic mass is 10.2. The van der Waals surface area contributed by atoms with E-state index in [9.17, 15) is 4.79 Å². The van der Waals surface area contributed by atoms with Crippen molar-refractivity contribution in [1.29, 1.82) is 0 Å². The number of hydrogen-bond acceptors (Lipinski definition) is 2. The average molecular weight is 364 g/mol. The molecule has 0 aromatic heterocycles. The first kappa shape index (κ1) is 16.9. The Kier molecular flexibility index (Phi) is 5.17. The minimum absolute atomic E-state index is 0.0637. The summed E-state index contributed by atoms with van der Waals surface area (Å²) in [5.74, 6) is 0. The predicted molar refractivity (Wildman–Crippen MR) is 100 cm³/mol. The quantitative estimate of drug-likeness (QED) is 0.842. The molecule has 4 nitrogen and oxygen atoms in total. The van der Waals surface area contributed by atoms with Crippen LogP contribution in [0.2, 0.25) is 10.0 Å². The van der Waals surface area contributed by atoms with Gasteiger partial charge >= 0.3 is 6.03 Å². The third-order valence-electron chi connectivity index (χ3n) is 4.20. The summed E-state index contributed by atoms with van der Waals surface area (Å²) >= 11 is 12.2. The smallest absolute Gasteiger partial charge is 0.321 e. The summed E-state index contributed by atoms with van der Waals surface area (Å²) in [5.41, 5.74) is 2.86. The third kappa shape index (κ3) is 3.77. The highest BCUT2D eigenvalue weighted by Gasteiger charge is 2.22. The van der Waals surface area contributed by atoms with Gasteiger partial charge in [0.25, 0.3) is 0 Å². The van der Waals surface area contributed by atoms with E-state index < -0.39 is 0 Å². The number of halogens is 2. The number of anilines is 2. The van der Waals surface area contributed by atoms with E-state index in [0.717, 1.165) is 30.0 Å². The second kappa shape index (κ2) is 7.32. The normalized spacial score (nSPS) is 14.6. The summed E-state index contributed by atoms with van der Waals surface area (Å²) in [7, 11) is 0. The molecule has 2 aromatic carbocycles. The number of para-hydroxylation sites is 1. The number of aryl methyl sites for hydroxylation is 1.